The minimum absolute atomic E-state index is 0.00624. The summed E-state index contributed by atoms with van der Waals surface area (Å²) in [6.07, 6.45) is 3.05. The van der Waals surface area contributed by atoms with Crippen molar-refractivity contribution in [3.63, 3.8) is 0 Å². The molecule has 0 radical (unpaired) electrons. The fraction of sp³-hybridized carbons (Fsp3) is 0.727. The van der Waals surface area contributed by atoms with Gasteiger partial charge in [-0.2, -0.15) is 0 Å². The van der Waals surface area contributed by atoms with E-state index in [1.807, 2.05) is 13.8 Å². The maximum absolute atomic E-state index is 14.6. The summed E-state index contributed by atoms with van der Waals surface area (Å²) in [7, 11) is 0. The Balaban J connectivity index is 1.80. The lowest BCUT2D eigenvalue weighted by Gasteiger charge is -2.60. The number of Topliss-reactive ketones (excluding diaryl/α,β-unsaturated/α-hetero) is 1. The number of aliphatic hydroxyl groups excluding tert-OH is 2. The maximum Gasteiger partial charge on any atom is 0.214 e. The van der Waals surface area contributed by atoms with Gasteiger partial charge in [-0.1, -0.05) is 19.4 Å². The van der Waals surface area contributed by atoms with Gasteiger partial charge in [0.15, 0.2) is 11.6 Å². The van der Waals surface area contributed by atoms with Crippen LogP contribution >= 0.6 is 0 Å². The molecule has 5 nitrogen and oxygen atoms in total. The fourth-order valence-corrected chi connectivity index (χ4v) is 7.30. The molecule has 6 heteroatoms. The molecule has 154 valence electrons. The third kappa shape index (κ3) is 2.17. The Bertz CT molecular complexity index is 816. The number of aliphatic hydroxyl groups is 3. The Labute approximate surface area is 164 Å². The second-order valence-corrected chi connectivity index (χ2v) is 9.68. The first-order valence-corrected chi connectivity index (χ1v) is 10.2. The molecule has 0 aromatic rings. The van der Waals surface area contributed by atoms with Crippen LogP contribution in [0.15, 0.2) is 23.0 Å². The molecule has 0 amide bonds. The van der Waals surface area contributed by atoms with E-state index in [0.29, 0.717) is 18.4 Å². The minimum atomic E-state index is -1.64. The second kappa shape index (κ2) is 6.07. The van der Waals surface area contributed by atoms with Gasteiger partial charge in [0.25, 0.3) is 0 Å². The molecule has 7 atom stereocenters. The van der Waals surface area contributed by atoms with Gasteiger partial charge in [0.1, 0.15) is 12.2 Å². The Morgan fingerprint density at radius 1 is 1.32 bits per heavy atom. The van der Waals surface area contributed by atoms with Gasteiger partial charge in [0.2, 0.25) is 5.78 Å². The summed E-state index contributed by atoms with van der Waals surface area (Å²) in [5, 5.41) is 31.8. The molecule has 0 aromatic heterocycles. The molecule has 0 saturated heterocycles. The van der Waals surface area contributed by atoms with E-state index in [2.05, 4.69) is 0 Å². The third-order valence-electron chi connectivity index (χ3n) is 8.92. The molecule has 0 spiro atoms. The number of ketones is 2. The molecular weight excluding hydrogens is 363 g/mol. The van der Waals surface area contributed by atoms with E-state index in [9.17, 15) is 29.3 Å². The lowest BCUT2D eigenvalue weighted by atomic mass is 9.45. The quantitative estimate of drug-likeness (QED) is 0.670. The van der Waals surface area contributed by atoms with Crippen molar-refractivity contribution in [1.29, 1.82) is 0 Å². The summed E-state index contributed by atoms with van der Waals surface area (Å²) in [6.45, 7) is 4.69. The van der Waals surface area contributed by atoms with Crippen LogP contribution < -0.4 is 0 Å². The highest BCUT2D eigenvalue weighted by molar-refractivity contribution is 6.05. The predicted molar refractivity (Wildman–Crippen MR) is 99.7 cm³/mol. The lowest BCUT2D eigenvalue weighted by Crippen LogP contribution is -2.62. The highest BCUT2D eigenvalue weighted by atomic mass is 19.1. The van der Waals surface area contributed by atoms with Crippen molar-refractivity contribution in [3.05, 3.63) is 23.0 Å². The standard InChI is InChI=1S/C22H29FO5/c1-11-19(23)15(25)8-12-4-5-13-14-6-7-22(28,17(27)10-24)20(14,2)9-16(26)18(13)21(11,12)3/h8,13-14,16,18,24,26,28H,4-7,9-10H2,1-3H3/t13-,14-,16-,18+,20-,21-,22-/m0/s1. The summed E-state index contributed by atoms with van der Waals surface area (Å²) in [4.78, 5) is 24.4. The Morgan fingerprint density at radius 2 is 2.00 bits per heavy atom. The Morgan fingerprint density at radius 3 is 2.64 bits per heavy atom. The first-order chi connectivity index (χ1) is 13.0. The van der Waals surface area contributed by atoms with E-state index >= 15 is 0 Å². The topological polar surface area (TPSA) is 94.8 Å². The third-order valence-corrected chi connectivity index (χ3v) is 8.92. The summed E-state index contributed by atoms with van der Waals surface area (Å²) in [6, 6.07) is 0. The SMILES string of the molecule is CC1=C(F)C(=O)C=C2CC[C@@H]3[C@H]([C@@H](O)C[C@@]4(C)[C@H]3CC[C@]4(O)C(=O)CO)[C@]21C. The van der Waals surface area contributed by atoms with E-state index in [0.717, 1.165) is 12.0 Å². The Kier molecular flexibility index (Phi) is 4.32. The minimum Gasteiger partial charge on any atom is -0.393 e. The van der Waals surface area contributed by atoms with Gasteiger partial charge < -0.3 is 15.3 Å². The van der Waals surface area contributed by atoms with Crippen LogP contribution in [0.5, 0.6) is 0 Å². The largest absolute Gasteiger partial charge is 0.393 e. The first kappa shape index (κ1) is 19.9. The Hall–Kier alpha value is -1.37. The van der Waals surface area contributed by atoms with Crippen LogP contribution in [-0.2, 0) is 9.59 Å². The number of hydrogen-bond acceptors (Lipinski definition) is 5. The van der Waals surface area contributed by atoms with E-state index < -0.39 is 46.5 Å². The monoisotopic (exact) mass is 392 g/mol. The molecule has 0 aliphatic heterocycles. The van der Waals surface area contributed by atoms with Gasteiger partial charge in [-0.25, -0.2) is 4.39 Å². The van der Waals surface area contributed by atoms with Crippen LogP contribution in [0.2, 0.25) is 0 Å². The molecule has 4 aliphatic rings. The molecule has 3 fully saturated rings. The second-order valence-electron chi connectivity index (χ2n) is 9.68. The van der Waals surface area contributed by atoms with Gasteiger partial charge in [-0.15, -0.1) is 0 Å². The number of carbonyl (C=O) groups is 2. The summed E-state index contributed by atoms with van der Waals surface area (Å²) in [5.41, 5.74) is -1.95. The molecule has 0 bridgehead atoms. The zero-order valence-corrected chi connectivity index (χ0v) is 16.7. The molecule has 4 aliphatic carbocycles. The number of carbonyl (C=O) groups excluding carboxylic acids is 2. The number of hydrogen-bond donors (Lipinski definition) is 3. The first-order valence-electron chi connectivity index (χ1n) is 10.2. The molecule has 28 heavy (non-hydrogen) atoms. The maximum atomic E-state index is 14.6. The van der Waals surface area contributed by atoms with Crippen molar-refractivity contribution in [2.24, 2.45) is 28.6 Å². The number of rotatable bonds is 2. The van der Waals surface area contributed by atoms with E-state index in [1.165, 1.54) is 6.08 Å². The number of fused-ring (bicyclic) bond motifs is 5. The van der Waals surface area contributed by atoms with Crippen molar-refractivity contribution < 1.29 is 29.3 Å². The smallest absolute Gasteiger partial charge is 0.214 e. The van der Waals surface area contributed by atoms with Crippen molar-refractivity contribution in [2.75, 3.05) is 6.61 Å². The highest BCUT2D eigenvalue weighted by Gasteiger charge is 2.68. The molecule has 3 N–H and O–H groups in total. The zero-order chi connectivity index (χ0) is 20.6. The number of halogens is 1. The van der Waals surface area contributed by atoms with Gasteiger partial charge in [-0.3, -0.25) is 9.59 Å². The summed E-state index contributed by atoms with van der Waals surface area (Å²) >= 11 is 0. The molecule has 4 rings (SSSR count). The average Bonchev–Trinajstić information content (AvgIpc) is 2.92. The number of allylic oxidation sites excluding steroid dienone is 4. The van der Waals surface area contributed by atoms with Crippen LogP contribution in [0.4, 0.5) is 4.39 Å². The molecule has 0 aromatic carbocycles. The van der Waals surface area contributed by atoms with E-state index in [4.69, 9.17) is 0 Å². The molecule has 3 saturated carbocycles. The molecule has 0 unspecified atom stereocenters. The van der Waals surface area contributed by atoms with E-state index in [1.54, 1.807) is 6.92 Å². The normalized spacial score (nSPS) is 48.0. The van der Waals surface area contributed by atoms with Crippen LogP contribution in [0, 0.1) is 28.6 Å². The van der Waals surface area contributed by atoms with E-state index in [-0.39, 0.29) is 30.6 Å². The summed E-state index contributed by atoms with van der Waals surface area (Å²) < 4.78 is 14.6. The van der Waals surface area contributed by atoms with Crippen LogP contribution in [-0.4, -0.2) is 45.2 Å². The molecular formula is C22H29FO5. The summed E-state index contributed by atoms with van der Waals surface area (Å²) in [5.74, 6) is -2.18. The van der Waals surface area contributed by atoms with Crippen LogP contribution in [0.1, 0.15) is 52.9 Å². The van der Waals surface area contributed by atoms with Gasteiger partial charge in [0.05, 0.1) is 6.10 Å². The van der Waals surface area contributed by atoms with Crippen molar-refractivity contribution in [3.8, 4) is 0 Å². The highest BCUT2D eigenvalue weighted by Crippen LogP contribution is 2.68. The zero-order valence-electron chi connectivity index (χ0n) is 16.7. The fourth-order valence-electron chi connectivity index (χ4n) is 7.30. The molecule has 0 heterocycles. The van der Waals surface area contributed by atoms with Crippen LogP contribution in [0.3, 0.4) is 0 Å². The van der Waals surface area contributed by atoms with Gasteiger partial charge in [0, 0.05) is 16.7 Å². The van der Waals surface area contributed by atoms with Crippen LogP contribution in [0.25, 0.3) is 0 Å². The van der Waals surface area contributed by atoms with Gasteiger partial charge >= 0.3 is 0 Å². The van der Waals surface area contributed by atoms with Crippen molar-refractivity contribution in [2.45, 2.75) is 64.6 Å². The lowest BCUT2D eigenvalue weighted by molar-refractivity contribution is -0.179. The predicted octanol–water partition coefficient (Wildman–Crippen LogP) is 2.24. The van der Waals surface area contributed by atoms with Gasteiger partial charge in [-0.05, 0) is 62.5 Å². The average molecular weight is 392 g/mol. The van der Waals surface area contributed by atoms with Crippen molar-refractivity contribution >= 4 is 11.6 Å². The van der Waals surface area contributed by atoms with Crippen molar-refractivity contribution in [1.82, 2.24) is 0 Å².